The fraction of sp³-hybridized carbons (Fsp3) is 0.652. The monoisotopic (exact) mass is 556 g/mol. The zero-order chi connectivity index (χ0) is 27.3. The standard InChI is InChI=1S/C23H27ClF6N4O3/c1-12(35)33-4-6-34(7-5-33)17-8-14(24)3-2-13(17)9-32-10-15-16(11-32)19(21(36)37)31-18(15)20(22(25,26)27)23(28,29)30/h2-3,8,15-16,18-20,31H,4-7,9-11H2,1H3,(H,36,37). The summed E-state index contributed by atoms with van der Waals surface area (Å²) in [5.74, 6) is -7.24. The zero-order valence-corrected chi connectivity index (χ0v) is 20.6. The SMILES string of the molecule is CC(=O)N1CCN(c2cc(Cl)ccc2CN2CC3C(C(=O)O)NC(C(C(F)(F)F)C(F)(F)F)C3C2)CC1. The molecule has 3 aliphatic heterocycles. The van der Waals surface area contributed by atoms with Crippen molar-refractivity contribution in [1.29, 1.82) is 0 Å². The van der Waals surface area contributed by atoms with Crippen LogP contribution in [0.3, 0.4) is 0 Å². The average molecular weight is 557 g/mol. The molecule has 0 spiro atoms. The lowest BCUT2D eigenvalue weighted by Crippen LogP contribution is -2.53. The van der Waals surface area contributed by atoms with Gasteiger partial charge in [-0.05, 0) is 23.6 Å². The van der Waals surface area contributed by atoms with E-state index in [2.05, 4.69) is 5.32 Å². The average Bonchev–Trinajstić information content (AvgIpc) is 3.32. The molecule has 0 bridgehead atoms. The molecule has 4 rings (SSSR count). The van der Waals surface area contributed by atoms with Crippen molar-refractivity contribution in [2.45, 2.75) is 37.9 Å². The Kier molecular flexibility index (Phi) is 7.61. The van der Waals surface area contributed by atoms with E-state index in [4.69, 9.17) is 11.6 Å². The summed E-state index contributed by atoms with van der Waals surface area (Å²) in [7, 11) is 0. The Balaban J connectivity index is 1.56. The van der Waals surface area contributed by atoms with Gasteiger partial charge in [-0.1, -0.05) is 17.7 Å². The number of amides is 1. The molecule has 14 heteroatoms. The van der Waals surface area contributed by atoms with Crippen molar-refractivity contribution in [1.82, 2.24) is 15.1 Å². The van der Waals surface area contributed by atoms with Crippen LogP contribution in [-0.4, -0.2) is 90.5 Å². The first kappa shape index (κ1) is 27.8. The van der Waals surface area contributed by atoms with Gasteiger partial charge >= 0.3 is 18.3 Å². The van der Waals surface area contributed by atoms with Crippen molar-refractivity contribution >= 4 is 29.2 Å². The van der Waals surface area contributed by atoms with Crippen LogP contribution in [0.2, 0.25) is 5.02 Å². The molecule has 0 radical (unpaired) electrons. The number of alkyl halides is 6. The molecule has 3 aliphatic rings. The maximum absolute atomic E-state index is 13.5. The van der Waals surface area contributed by atoms with E-state index in [1.807, 2.05) is 4.90 Å². The van der Waals surface area contributed by atoms with Gasteiger partial charge in [0.2, 0.25) is 5.91 Å². The third kappa shape index (κ3) is 5.78. The molecular weight excluding hydrogens is 530 g/mol. The highest BCUT2D eigenvalue weighted by atomic mass is 35.5. The Morgan fingerprint density at radius 3 is 2.19 bits per heavy atom. The number of piperazine rings is 1. The molecule has 0 aromatic heterocycles. The van der Waals surface area contributed by atoms with Crippen LogP contribution < -0.4 is 10.2 Å². The summed E-state index contributed by atoms with van der Waals surface area (Å²) in [6, 6.07) is 1.53. The molecule has 1 amide bonds. The predicted octanol–water partition coefficient (Wildman–Crippen LogP) is 3.22. The second kappa shape index (κ2) is 10.1. The van der Waals surface area contributed by atoms with E-state index in [1.54, 1.807) is 28.0 Å². The highest BCUT2D eigenvalue weighted by Gasteiger charge is 2.66. The van der Waals surface area contributed by atoms with Gasteiger partial charge < -0.3 is 20.2 Å². The van der Waals surface area contributed by atoms with Crippen LogP contribution in [0, 0.1) is 17.8 Å². The number of nitrogens with zero attached hydrogens (tertiary/aromatic N) is 3. The Bertz CT molecular complexity index is 1020. The smallest absolute Gasteiger partial charge is 0.402 e. The fourth-order valence-electron chi connectivity index (χ4n) is 5.92. The van der Waals surface area contributed by atoms with Gasteiger partial charge in [-0.2, -0.15) is 26.3 Å². The Labute approximate surface area is 214 Å². The predicted molar refractivity (Wildman–Crippen MR) is 122 cm³/mol. The van der Waals surface area contributed by atoms with Crippen molar-refractivity contribution < 1.29 is 41.0 Å². The Morgan fingerprint density at radius 1 is 1.05 bits per heavy atom. The number of halogens is 7. The van der Waals surface area contributed by atoms with E-state index < -0.39 is 48.2 Å². The van der Waals surface area contributed by atoms with Crippen molar-refractivity contribution in [3.8, 4) is 0 Å². The number of hydrogen-bond acceptors (Lipinski definition) is 5. The number of rotatable bonds is 5. The molecule has 1 aromatic rings. The lowest BCUT2D eigenvalue weighted by molar-refractivity contribution is -0.293. The van der Waals surface area contributed by atoms with Crippen LogP contribution in [0.5, 0.6) is 0 Å². The number of hydrogen-bond donors (Lipinski definition) is 2. The molecule has 3 heterocycles. The van der Waals surface area contributed by atoms with Crippen LogP contribution >= 0.6 is 11.6 Å². The summed E-state index contributed by atoms with van der Waals surface area (Å²) in [5.41, 5.74) is 1.53. The van der Waals surface area contributed by atoms with Gasteiger partial charge in [0, 0.05) is 75.4 Å². The maximum Gasteiger partial charge on any atom is 0.402 e. The highest BCUT2D eigenvalue weighted by molar-refractivity contribution is 6.30. The number of nitrogens with one attached hydrogen (secondary N) is 1. The van der Waals surface area contributed by atoms with Gasteiger partial charge in [0.15, 0.2) is 5.92 Å². The minimum Gasteiger partial charge on any atom is -0.480 e. The number of likely N-dealkylation sites (tertiary alicyclic amines) is 1. The van der Waals surface area contributed by atoms with Gasteiger partial charge in [-0.3, -0.25) is 14.5 Å². The molecule has 0 saturated carbocycles. The third-order valence-corrected chi connectivity index (χ3v) is 7.82. The topological polar surface area (TPSA) is 76.1 Å². The number of fused-ring (bicyclic) bond motifs is 1. The summed E-state index contributed by atoms with van der Waals surface area (Å²) in [5, 5.41) is 12.2. The fourth-order valence-corrected chi connectivity index (χ4v) is 6.08. The Hall–Kier alpha value is -2.25. The van der Waals surface area contributed by atoms with E-state index in [0.29, 0.717) is 31.2 Å². The van der Waals surface area contributed by atoms with E-state index in [0.717, 1.165) is 11.3 Å². The van der Waals surface area contributed by atoms with Crippen molar-refractivity contribution in [3.05, 3.63) is 28.8 Å². The number of aliphatic carboxylic acids is 1. The first-order chi connectivity index (χ1) is 17.2. The van der Waals surface area contributed by atoms with Crippen molar-refractivity contribution in [3.63, 3.8) is 0 Å². The Morgan fingerprint density at radius 2 is 1.65 bits per heavy atom. The molecule has 0 aliphatic carbocycles. The number of carboxylic acids is 1. The quantitative estimate of drug-likeness (QED) is 0.543. The number of carboxylic acid groups (broad SMARTS) is 1. The van der Waals surface area contributed by atoms with Crippen molar-refractivity contribution in [2.24, 2.45) is 17.8 Å². The van der Waals surface area contributed by atoms with Crippen molar-refractivity contribution in [2.75, 3.05) is 44.2 Å². The molecule has 37 heavy (non-hydrogen) atoms. The number of carbonyl (C=O) groups is 2. The molecule has 1 aromatic carbocycles. The van der Waals surface area contributed by atoms with Gasteiger partial charge in [-0.25, -0.2) is 0 Å². The van der Waals surface area contributed by atoms with E-state index in [1.165, 1.54) is 6.92 Å². The molecule has 4 unspecified atom stereocenters. The van der Waals surface area contributed by atoms with Crippen LogP contribution in [0.1, 0.15) is 12.5 Å². The molecule has 3 fully saturated rings. The van der Waals surface area contributed by atoms with Gasteiger partial charge in [-0.15, -0.1) is 0 Å². The highest BCUT2D eigenvalue weighted by Crippen LogP contribution is 2.48. The third-order valence-electron chi connectivity index (χ3n) is 7.59. The van der Waals surface area contributed by atoms with E-state index in [9.17, 15) is 41.0 Å². The zero-order valence-electron chi connectivity index (χ0n) is 19.8. The van der Waals surface area contributed by atoms with E-state index in [-0.39, 0.29) is 25.5 Å². The summed E-state index contributed by atoms with van der Waals surface area (Å²) in [6.07, 6.45) is -11.2. The first-order valence-electron chi connectivity index (χ1n) is 11.8. The number of carbonyl (C=O) groups excluding carboxylic acids is 1. The van der Waals surface area contributed by atoms with E-state index >= 15 is 0 Å². The van der Waals surface area contributed by atoms with Crippen LogP contribution in [0.15, 0.2) is 18.2 Å². The lowest BCUT2D eigenvalue weighted by atomic mass is 9.84. The summed E-state index contributed by atoms with van der Waals surface area (Å²) in [6.45, 7) is 3.67. The molecule has 4 atom stereocenters. The molecule has 2 N–H and O–H groups in total. The normalized spacial score (nSPS) is 27.2. The van der Waals surface area contributed by atoms with Gasteiger partial charge in [0.05, 0.1) is 0 Å². The molecule has 3 saturated heterocycles. The summed E-state index contributed by atoms with van der Waals surface area (Å²) in [4.78, 5) is 28.9. The molecule has 206 valence electrons. The largest absolute Gasteiger partial charge is 0.480 e. The van der Waals surface area contributed by atoms with Crippen LogP contribution in [0.4, 0.5) is 32.0 Å². The summed E-state index contributed by atoms with van der Waals surface area (Å²) < 4.78 is 81.0. The van der Waals surface area contributed by atoms with Crippen LogP contribution in [-0.2, 0) is 16.1 Å². The second-order valence-corrected chi connectivity index (χ2v) is 10.3. The maximum atomic E-state index is 13.5. The van der Waals surface area contributed by atoms with Crippen LogP contribution in [0.25, 0.3) is 0 Å². The minimum absolute atomic E-state index is 0.0355. The molecular formula is C23H27ClF6N4O3. The summed E-state index contributed by atoms with van der Waals surface area (Å²) >= 11 is 6.21. The minimum atomic E-state index is -5.58. The number of benzene rings is 1. The molecule has 7 nitrogen and oxygen atoms in total. The second-order valence-electron chi connectivity index (χ2n) is 9.86. The number of anilines is 1. The van der Waals surface area contributed by atoms with Gasteiger partial charge in [0.1, 0.15) is 6.04 Å². The lowest BCUT2D eigenvalue weighted by Gasteiger charge is -2.37. The van der Waals surface area contributed by atoms with Gasteiger partial charge in [0.25, 0.3) is 0 Å². The first-order valence-corrected chi connectivity index (χ1v) is 12.2.